The molecule has 0 radical (unpaired) electrons. The highest BCUT2D eigenvalue weighted by Gasteiger charge is 2.23. The Kier molecular flexibility index (Phi) is 5.96. The first-order chi connectivity index (χ1) is 14.9. The van der Waals surface area contributed by atoms with Gasteiger partial charge in [0.25, 0.3) is 5.91 Å². The molecule has 1 aromatic carbocycles. The number of benzene rings is 1. The van der Waals surface area contributed by atoms with E-state index >= 15 is 0 Å². The first kappa shape index (κ1) is 20.9. The molecule has 0 spiro atoms. The van der Waals surface area contributed by atoms with Gasteiger partial charge in [0.1, 0.15) is 12.4 Å². The van der Waals surface area contributed by atoms with E-state index in [-0.39, 0.29) is 23.6 Å². The zero-order valence-electron chi connectivity index (χ0n) is 17.7. The fraction of sp³-hybridized carbons (Fsp3) is 0.435. The summed E-state index contributed by atoms with van der Waals surface area (Å²) in [6.07, 6.45) is 2.73. The zero-order chi connectivity index (χ0) is 22.0. The summed E-state index contributed by atoms with van der Waals surface area (Å²) in [7, 11) is 0. The van der Waals surface area contributed by atoms with E-state index in [0.717, 1.165) is 24.9 Å². The molecule has 3 heterocycles. The van der Waals surface area contributed by atoms with Gasteiger partial charge < -0.3 is 25.8 Å². The summed E-state index contributed by atoms with van der Waals surface area (Å²) >= 11 is 0. The summed E-state index contributed by atoms with van der Waals surface area (Å²) in [5, 5.41) is 7.49. The van der Waals surface area contributed by atoms with E-state index in [1.807, 2.05) is 13.8 Å². The summed E-state index contributed by atoms with van der Waals surface area (Å²) < 4.78 is 11.8. The topological polar surface area (TPSA) is 116 Å². The fourth-order valence-corrected chi connectivity index (χ4v) is 3.55. The van der Waals surface area contributed by atoms with Crippen LogP contribution in [0.4, 0.5) is 0 Å². The maximum atomic E-state index is 12.1. The smallest absolute Gasteiger partial charge is 0.252 e. The number of carbonyl (C=O) groups excluding carboxylic acids is 2. The molecule has 2 saturated heterocycles. The minimum atomic E-state index is -0.576. The van der Waals surface area contributed by atoms with Crippen molar-refractivity contribution in [2.75, 3.05) is 19.7 Å². The molecule has 0 unspecified atom stereocenters. The zero-order valence-corrected chi connectivity index (χ0v) is 17.7. The van der Waals surface area contributed by atoms with Crippen LogP contribution in [0.25, 0.3) is 10.8 Å². The predicted molar refractivity (Wildman–Crippen MR) is 116 cm³/mol. The van der Waals surface area contributed by atoms with Gasteiger partial charge in [0.05, 0.1) is 23.3 Å². The van der Waals surface area contributed by atoms with Gasteiger partial charge in [-0.1, -0.05) is 11.8 Å². The van der Waals surface area contributed by atoms with E-state index < -0.39 is 5.91 Å². The van der Waals surface area contributed by atoms with Crippen LogP contribution in [0.5, 0.6) is 11.6 Å². The lowest BCUT2D eigenvalue weighted by Crippen LogP contribution is -2.40. The molecule has 1 aromatic heterocycles. The molecule has 0 aliphatic carbocycles. The second-order valence-corrected chi connectivity index (χ2v) is 8.14. The molecule has 2 aromatic rings. The Bertz CT molecular complexity index is 1080. The molecule has 1 atom stereocenters. The molecule has 4 N–H and O–H groups in total. The van der Waals surface area contributed by atoms with Crippen molar-refractivity contribution < 1.29 is 19.1 Å². The van der Waals surface area contributed by atoms with E-state index in [4.69, 9.17) is 15.2 Å². The van der Waals surface area contributed by atoms with E-state index in [9.17, 15) is 9.59 Å². The number of nitrogens with zero attached hydrogens (tertiary/aromatic N) is 1. The lowest BCUT2D eigenvalue weighted by Gasteiger charge is -2.21. The summed E-state index contributed by atoms with van der Waals surface area (Å²) in [5.41, 5.74) is 6.61. The third-order valence-electron chi connectivity index (χ3n) is 5.28. The van der Waals surface area contributed by atoms with Crippen molar-refractivity contribution in [1.82, 2.24) is 15.6 Å². The van der Waals surface area contributed by atoms with Gasteiger partial charge in [-0.3, -0.25) is 9.59 Å². The minimum Gasteiger partial charge on any atom is -0.490 e. The number of amides is 2. The number of rotatable bonds is 6. The van der Waals surface area contributed by atoms with E-state index in [2.05, 4.69) is 27.5 Å². The molecular formula is C23H26N4O4. The maximum absolute atomic E-state index is 12.1. The summed E-state index contributed by atoms with van der Waals surface area (Å²) in [6, 6.07) is 3.39. The van der Waals surface area contributed by atoms with Gasteiger partial charge in [0.2, 0.25) is 11.8 Å². The number of hydrogen-bond donors (Lipinski definition) is 3. The van der Waals surface area contributed by atoms with E-state index in [1.165, 1.54) is 0 Å². The Hall–Kier alpha value is -3.31. The van der Waals surface area contributed by atoms with Gasteiger partial charge >= 0.3 is 0 Å². The Morgan fingerprint density at radius 3 is 2.74 bits per heavy atom. The SMILES string of the molecule is CC(C)Oc1cc2c(OC[C@@H]3CCC(=O)N3)ncc(C#CC3CNC3)c2cc1C(N)=O. The van der Waals surface area contributed by atoms with E-state index in [1.54, 1.807) is 18.3 Å². The van der Waals surface area contributed by atoms with Crippen LogP contribution in [0.2, 0.25) is 0 Å². The second-order valence-electron chi connectivity index (χ2n) is 8.14. The third kappa shape index (κ3) is 4.72. The fourth-order valence-electron chi connectivity index (χ4n) is 3.55. The number of nitrogens with two attached hydrogens (primary N) is 1. The number of carbonyl (C=O) groups is 2. The van der Waals surface area contributed by atoms with Gasteiger partial charge in [-0.15, -0.1) is 0 Å². The Morgan fingerprint density at radius 1 is 1.32 bits per heavy atom. The Balaban J connectivity index is 1.75. The normalized spacial score (nSPS) is 18.3. The van der Waals surface area contributed by atoms with Crippen molar-refractivity contribution >= 4 is 22.6 Å². The highest BCUT2D eigenvalue weighted by molar-refractivity contribution is 6.03. The number of primary amides is 1. The van der Waals surface area contributed by atoms with Gasteiger partial charge in [0, 0.05) is 42.4 Å². The monoisotopic (exact) mass is 422 g/mol. The van der Waals surface area contributed by atoms with Crippen LogP contribution in [-0.2, 0) is 4.79 Å². The molecule has 8 nitrogen and oxygen atoms in total. The average molecular weight is 422 g/mol. The van der Waals surface area contributed by atoms with Crippen LogP contribution in [-0.4, -0.2) is 48.6 Å². The molecule has 2 aliphatic rings. The molecule has 162 valence electrons. The first-order valence-electron chi connectivity index (χ1n) is 10.5. The molecule has 4 rings (SSSR count). The van der Waals surface area contributed by atoms with Crippen LogP contribution in [0.1, 0.15) is 42.6 Å². The number of fused-ring (bicyclic) bond motifs is 1. The number of aromatic nitrogens is 1. The van der Waals surface area contributed by atoms with Crippen molar-refractivity contribution in [1.29, 1.82) is 0 Å². The lowest BCUT2D eigenvalue weighted by molar-refractivity contribution is -0.119. The molecule has 0 saturated carbocycles. The van der Waals surface area contributed by atoms with Crippen molar-refractivity contribution in [3.63, 3.8) is 0 Å². The molecule has 31 heavy (non-hydrogen) atoms. The summed E-state index contributed by atoms with van der Waals surface area (Å²) in [6.45, 7) is 5.80. The van der Waals surface area contributed by atoms with Gasteiger partial charge in [-0.05, 0) is 32.4 Å². The number of hydrogen-bond acceptors (Lipinski definition) is 6. The van der Waals surface area contributed by atoms with Gasteiger partial charge in [-0.25, -0.2) is 4.98 Å². The Labute approximate surface area is 180 Å². The molecule has 0 bridgehead atoms. The average Bonchev–Trinajstić information content (AvgIpc) is 3.10. The van der Waals surface area contributed by atoms with Crippen LogP contribution in [0.15, 0.2) is 18.3 Å². The molecule has 2 aliphatic heterocycles. The first-order valence-corrected chi connectivity index (χ1v) is 10.5. The minimum absolute atomic E-state index is 0.0289. The summed E-state index contributed by atoms with van der Waals surface area (Å²) in [5.74, 6) is 6.96. The molecule has 2 fully saturated rings. The predicted octanol–water partition coefficient (Wildman–Crippen LogP) is 1.35. The van der Waals surface area contributed by atoms with Crippen LogP contribution >= 0.6 is 0 Å². The van der Waals surface area contributed by atoms with Crippen LogP contribution in [0.3, 0.4) is 0 Å². The number of nitrogens with one attached hydrogen (secondary N) is 2. The van der Waals surface area contributed by atoms with E-state index in [0.29, 0.717) is 41.5 Å². The quantitative estimate of drug-likeness (QED) is 0.606. The number of ether oxygens (including phenoxy) is 2. The van der Waals surface area contributed by atoms with Crippen molar-refractivity contribution in [2.24, 2.45) is 11.7 Å². The molecule has 2 amide bonds. The van der Waals surface area contributed by atoms with Crippen molar-refractivity contribution in [3.8, 4) is 23.5 Å². The number of pyridine rings is 1. The van der Waals surface area contributed by atoms with Crippen molar-refractivity contribution in [2.45, 2.75) is 38.8 Å². The standard InChI is InChI=1S/C23H26N4O4/c1-13(2)31-20-8-18-17(7-19(20)22(24)29)15(4-3-14-9-25-10-14)11-26-23(18)30-12-16-5-6-21(28)27-16/h7-8,11,13-14,16,25H,5-6,9-10,12H2,1-2H3,(H2,24,29)(H,27,28)/t16-/m0/s1. The maximum Gasteiger partial charge on any atom is 0.252 e. The van der Waals surface area contributed by atoms with Crippen LogP contribution in [0, 0.1) is 17.8 Å². The molecule has 8 heteroatoms. The molecular weight excluding hydrogens is 396 g/mol. The lowest BCUT2D eigenvalue weighted by atomic mass is 10.0. The highest BCUT2D eigenvalue weighted by atomic mass is 16.5. The third-order valence-corrected chi connectivity index (χ3v) is 5.28. The summed E-state index contributed by atoms with van der Waals surface area (Å²) in [4.78, 5) is 28.0. The largest absolute Gasteiger partial charge is 0.490 e. The second kappa shape index (κ2) is 8.82. The highest BCUT2D eigenvalue weighted by Crippen LogP contribution is 2.33. The van der Waals surface area contributed by atoms with Gasteiger partial charge in [-0.2, -0.15) is 0 Å². The van der Waals surface area contributed by atoms with Gasteiger partial charge in [0.15, 0.2) is 0 Å². The van der Waals surface area contributed by atoms with Crippen molar-refractivity contribution in [3.05, 3.63) is 29.5 Å². The Morgan fingerprint density at radius 2 is 2.13 bits per heavy atom. The van der Waals surface area contributed by atoms with Crippen LogP contribution < -0.4 is 25.8 Å².